The lowest BCUT2D eigenvalue weighted by Gasteiger charge is -2.36. The summed E-state index contributed by atoms with van der Waals surface area (Å²) in [5, 5.41) is 12.6. The number of rotatable bonds is 6. The van der Waals surface area contributed by atoms with Gasteiger partial charge in [-0.15, -0.1) is 0 Å². The number of carbonyl (C=O) groups excluding carboxylic acids is 1. The zero-order chi connectivity index (χ0) is 20.0. The Kier molecular flexibility index (Phi) is 6.36. The van der Waals surface area contributed by atoms with Crippen LogP contribution in [0, 0.1) is 11.3 Å². The van der Waals surface area contributed by atoms with E-state index in [1.54, 1.807) is 12.1 Å². The molecule has 0 heterocycles. The molecule has 1 aliphatic rings. The SMILES string of the molecule is CC[C@H](C)Oc1ccc(NC(=O)C2(c3ccccc3)CCCCC2)c(C#N)c1. The monoisotopic (exact) mass is 376 g/mol. The number of hydrogen-bond donors (Lipinski definition) is 1. The molecule has 1 fully saturated rings. The highest BCUT2D eigenvalue weighted by atomic mass is 16.5. The van der Waals surface area contributed by atoms with Crippen LogP contribution in [0.3, 0.4) is 0 Å². The van der Waals surface area contributed by atoms with E-state index in [9.17, 15) is 10.1 Å². The van der Waals surface area contributed by atoms with Crippen molar-refractivity contribution in [3.8, 4) is 11.8 Å². The molecule has 0 bridgehead atoms. The molecule has 1 N–H and O–H groups in total. The van der Waals surface area contributed by atoms with Gasteiger partial charge in [0, 0.05) is 6.07 Å². The Morgan fingerprint density at radius 2 is 1.89 bits per heavy atom. The maximum atomic E-state index is 13.4. The highest BCUT2D eigenvalue weighted by Crippen LogP contribution is 2.40. The average Bonchev–Trinajstić information content (AvgIpc) is 2.75. The summed E-state index contributed by atoms with van der Waals surface area (Å²) in [5.41, 5.74) is 1.50. The van der Waals surface area contributed by atoms with Crippen molar-refractivity contribution in [2.45, 2.75) is 63.9 Å². The quantitative estimate of drug-likeness (QED) is 0.716. The fraction of sp³-hybridized carbons (Fsp3) is 0.417. The first-order valence-electron chi connectivity index (χ1n) is 10.2. The van der Waals surface area contributed by atoms with Crippen LogP contribution in [-0.4, -0.2) is 12.0 Å². The summed E-state index contributed by atoms with van der Waals surface area (Å²) in [7, 11) is 0. The van der Waals surface area contributed by atoms with Gasteiger partial charge in [-0.25, -0.2) is 0 Å². The number of amides is 1. The standard InChI is InChI=1S/C24H28N2O2/c1-3-18(2)28-21-12-13-22(19(16-21)17-25)26-23(27)24(14-8-5-9-15-24)20-10-6-4-7-11-20/h4,6-7,10-13,16,18H,3,5,8-9,14-15H2,1-2H3,(H,26,27)/t18-/m0/s1. The van der Waals surface area contributed by atoms with Crippen molar-refractivity contribution >= 4 is 11.6 Å². The second-order valence-electron chi connectivity index (χ2n) is 7.62. The van der Waals surface area contributed by atoms with E-state index in [-0.39, 0.29) is 12.0 Å². The summed E-state index contributed by atoms with van der Waals surface area (Å²) in [6.45, 7) is 4.05. The van der Waals surface area contributed by atoms with Gasteiger partial charge in [-0.3, -0.25) is 4.79 Å². The number of ether oxygens (including phenoxy) is 1. The van der Waals surface area contributed by atoms with E-state index in [4.69, 9.17) is 4.74 Å². The van der Waals surface area contributed by atoms with Gasteiger partial charge in [0.15, 0.2) is 0 Å². The zero-order valence-electron chi connectivity index (χ0n) is 16.7. The number of carbonyl (C=O) groups is 1. The topological polar surface area (TPSA) is 62.1 Å². The van der Waals surface area contributed by atoms with Gasteiger partial charge in [0.1, 0.15) is 11.8 Å². The lowest BCUT2D eigenvalue weighted by Crippen LogP contribution is -2.42. The molecule has 146 valence electrons. The second-order valence-corrected chi connectivity index (χ2v) is 7.62. The van der Waals surface area contributed by atoms with Crippen LogP contribution in [0.4, 0.5) is 5.69 Å². The molecule has 3 rings (SSSR count). The minimum atomic E-state index is -0.530. The van der Waals surface area contributed by atoms with E-state index in [1.807, 2.05) is 43.3 Å². The minimum absolute atomic E-state index is 0.0227. The maximum Gasteiger partial charge on any atom is 0.235 e. The molecule has 4 heteroatoms. The first-order valence-corrected chi connectivity index (χ1v) is 10.2. The van der Waals surface area contributed by atoms with E-state index in [1.165, 1.54) is 0 Å². The molecule has 1 atom stereocenters. The van der Waals surface area contributed by atoms with Gasteiger partial charge in [0.2, 0.25) is 5.91 Å². The molecule has 0 saturated heterocycles. The number of benzene rings is 2. The van der Waals surface area contributed by atoms with E-state index in [0.29, 0.717) is 17.0 Å². The van der Waals surface area contributed by atoms with Gasteiger partial charge < -0.3 is 10.1 Å². The van der Waals surface area contributed by atoms with Crippen LogP contribution in [0.25, 0.3) is 0 Å². The Hall–Kier alpha value is -2.80. The molecule has 2 aromatic rings. The molecule has 1 aliphatic carbocycles. The van der Waals surface area contributed by atoms with Crippen molar-refractivity contribution in [1.82, 2.24) is 0 Å². The summed E-state index contributed by atoms with van der Waals surface area (Å²) in [5.74, 6) is 0.629. The predicted octanol–water partition coefficient (Wildman–Crippen LogP) is 5.58. The number of nitrogens with zero attached hydrogens (tertiary/aromatic N) is 1. The van der Waals surface area contributed by atoms with Crippen LogP contribution >= 0.6 is 0 Å². The molecule has 4 nitrogen and oxygen atoms in total. The van der Waals surface area contributed by atoms with Crippen molar-refractivity contribution in [2.75, 3.05) is 5.32 Å². The van der Waals surface area contributed by atoms with Crippen molar-refractivity contribution in [2.24, 2.45) is 0 Å². The number of nitriles is 1. The van der Waals surface area contributed by atoms with Crippen molar-refractivity contribution in [3.05, 3.63) is 59.7 Å². The van der Waals surface area contributed by atoms with Gasteiger partial charge in [-0.05, 0) is 43.9 Å². The second kappa shape index (κ2) is 8.93. The van der Waals surface area contributed by atoms with E-state index in [0.717, 1.165) is 44.1 Å². The first kappa shape index (κ1) is 19.9. The van der Waals surface area contributed by atoms with E-state index < -0.39 is 5.41 Å². The minimum Gasteiger partial charge on any atom is -0.491 e. The van der Waals surface area contributed by atoms with E-state index >= 15 is 0 Å². The van der Waals surface area contributed by atoms with Gasteiger partial charge in [0.25, 0.3) is 0 Å². The van der Waals surface area contributed by atoms with Crippen molar-refractivity contribution in [1.29, 1.82) is 5.26 Å². The van der Waals surface area contributed by atoms with E-state index in [2.05, 4.69) is 18.3 Å². The molecule has 1 saturated carbocycles. The molecule has 0 spiro atoms. The third-order valence-electron chi connectivity index (χ3n) is 5.74. The van der Waals surface area contributed by atoms with Gasteiger partial charge in [0.05, 0.1) is 22.8 Å². The average molecular weight is 377 g/mol. The highest BCUT2D eigenvalue weighted by Gasteiger charge is 2.41. The fourth-order valence-electron chi connectivity index (χ4n) is 3.92. The number of hydrogen-bond acceptors (Lipinski definition) is 3. The third-order valence-corrected chi connectivity index (χ3v) is 5.74. The predicted molar refractivity (Wildman–Crippen MR) is 111 cm³/mol. The summed E-state index contributed by atoms with van der Waals surface area (Å²) in [6, 6.07) is 17.5. The smallest absolute Gasteiger partial charge is 0.235 e. The molecule has 2 aromatic carbocycles. The molecule has 0 aliphatic heterocycles. The third kappa shape index (κ3) is 4.20. The number of anilines is 1. The van der Waals surface area contributed by atoms with Crippen LogP contribution < -0.4 is 10.1 Å². The fourth-order valence-corrected chi connectivity index (χ4v) is 3.92. The zero-order valence-corrected chi connectivity index (χ0v) is 16.7. The van der Waals surface area contributed by atoms with Crippen LogP contribution in [0.1, 0.15) is 63.5 Å². The molecule has 28 heavy (non-hydrogen) atoms. The summed E-state index contributed by atoms with van der Waals surface area (Å²) in [4.78, 5) is 13.4. The van der Waals surface area contributed by atoms with Gasteiger partial charge >= 0.3 is 0 Å². The maximum absolute atomic E-state index is 13.4. The molecular formula is C24H28N2O2. The van der Waals surface area contributed by atoms with Crippen LogP contribution in [0.2, 0.25) is 0 Å². The Balaban J connectivity index is 1.87. The Morgan fingerprint density at radius 3 is 2.54 bits per heavy atom. The number of nitrogens with one attached hydrogen (secondary N) is 1. The summed E-state index contributed by atoms with van der Waals surface area (Å²) >= 11 is 0. The Labute approximate surface area is 167 Å². The lowest BCUT2D eigenvalue weighted by molar-refractivity contribution is -0.122. The van der Waals surface area contributed by atoms with Crippen molar-refractivity contribution in [3.63, 3.8) is 0 Å². The molecule has 1 amide bonds. The van der Waals surface area contributed by atoms with Gasteiger partial charge in [-0.1, -0.05) is 56.5 Å². The Bertz CT molecular complexity index is 849. The summed E-state index contributed by atoms with van der Waals surface area (Å²) in [6.07, 6.45) is 5.87. The Morgan fingerprint density at radius 1 is 1.18 bits per heavy atom. The summed E-state index contributed by atoms with van der Waals surface area (Å²) < 4.78 is 5.81. The highest BCUT2D eigenvalue weighted by molar-refractivity contribution is 6.00. The molecule has 0 unspecified atom stereocenters. The first-order chi connectivity index (χ1) is 13.6. The van der Waals surface area contributed by atoms with Crippen LogP contribution in [0.15, 0.2) is 48.5 Å². The molecular weight excluding hydrogens is 348 g/mol. The molecule has 0 aromatic heterocycles. The normalized spacial score (nSPS) is 16.6. The molecule has 0 radical (unpaired) electrons. The van der Waals surface area contributed by atoms with Crippen LogP contribution in [-0.2, 0) is 10.2 Å². The van der Waals surface area contributed by atoms with Crippen LogP contribution in [0.5, 0.6) is 5.75 Å². The largest absolute Gasteiger partial charge is 0.491 e. The van der Waals surface area contributed by atoms with Crippen molar-refractivity contribution < 1.29 is 9.53 Å². The lowest BCUT2D eigenvalue weighted by atomic mass is 9.68. The van der Waals surface area contributed by atoms with Gasteiger partial charge in [-0.2, -0.15) is 5.26 Å².